The van der Waals surface area contributed by atoms with E-state index in [2.05, 4.69) is 0 Å². The molecule has 0 fully saturated rings. The van der Waals surface area contributed by atoms with Crippen molar-refractivity contribution in [3.63, 3.8) is 0 Å². The molecule has 0 amide bonds. The second-order valence-corrected chi connectivity index (χ2v) is 6.39. The first-order valence-corrected chi connectivity index (χ1v) is 6.91. The van der Waals surface area contributed by atoms with E-state index in [1.807, 2.05) is 13.8 Å². The van der Waals surface area contributed by atoms with Crippen LogP contribution in [0.15, 0.2) is 18.2 Å². The Labute approximate surface area is 115 Å². The Bertz CT molecular complexity index is 409. The molecule has 0 aromatic heterocycles. The van der Waals surface area contributed by atoms with Crippen LogP contribution in [0.2, 0.25) is 10.0 Å². The fourth-order valence-electron chi connectivity index (χ4n) is 1.36. The number of hydrogen-bond donors (Lipinski definition) is 1. The number of ketones is 1. The van der Waals surface area contributed by atoms with E-state index < -0.39 is 0 Å². The molecule has 5 heteroatoms. The third-order valence-corrected chi connectivity index (χ3v) is 4.04. The van der Waals surface area contributed by atoms with Gasteiger partial charge in [0.2, 0.25) is 0 Å². The van der Waals surface area contributed by atoms with Gasteiger partial charge in [-0.25, -0.2) is 0 Å². The third kappa shape index (κ3) is 4.18. The van der Waals surface area contributed by atoms with Gasteiger partial charge in [0.1, 0.15) is 0 Å². The summed E-state index contributed by atoms with van der Waals surface area (Å²) in [6.45, 7) is 3.73. The van der Waals surface area contributed by atoms with Crippen LogP contribution < -0.4 is 0 Å². The van der Waals surface area contributed by atoms with Crippen LogP contribution in [0.4, 0.5) is 0 Å². The normalized spacial score (nSPS) is 14.4. The molecule has 0 radical (unpaired) electrons. The summed E-state index contributed by atoms with van der Waals surface area (Å²) in [5.41, 5.74) is 0.473. The van der Waals surface area contributed by atoms with Gasteiger partial charge in [-0.1, -0.05) is 30.1 Å². The topological polar surface area (TPSA) is 37.3 Å². The molecule has 0 bridgehead atoms. The molecule has 1 rings (SSSR count). The lowest BCUT2D eigenvalue weighted by Gasteiger charge is -2.15. The Balaban J connectivity index is 2.81. The molecule has 0 heterocycles. The number of Topliss-reactive ketones (excluding diaryl/α,β-unsaturated/α-hetero) is 1. The Hall–Kier alpha value is -0.220. The van der Waals surface area contributed by atoms with Crippen LogP contribution in [0.3, 0.4) is 0 Å². The molecule has 0 saturated heterocycles. The number of benzene rings is 1. The highest BCUT2D eigenvalue weighted by atomic mass is 35.5. The Kier molecular flexibility index (Phi) is 5.80. The highest BCUT2D eigenvalue weighted by Gasteiger charge is 2.20. The zero-order valence-electron chi connectivity index (χ0n) is 9.61. The number of carbonyl (C=O) groups is 1. The molecule has 1 aromatic carbocycles. The quantitative estimate of drug-likeness (QED) is 0.841. The first kappa shape index (κ1) is 14.8. The van der Waals surface area contributed by atoms with Gasteiger partial charge in [0.05, 0.1) is 16.9 Å². The minimum absolute atomic E-state index is 0.0278. The fourth-order valence-corrected chi connectivity index (χ4v) is 2.90. The number of carbonyl (C=O) groups excluding carboxylic acids is 1. The summed E-state index contributed by atoms with van der Waals surface area (Å²) in [6.07, 6.45) is 0. The van der Waals surface area contributed by atoms with E-state index >= 15 is 0 Å². The summed E-state index contributed by atoms with van der Waals surface area (Å²) in [5, 5.41) is 9.62. The van der Waals surface area contributed by atoms with Crippen LogP contribution in [0.5, 0.6) is 0 Å². The van der Waals surface area contributed by atoms with Crippen molar-refractivity contribution in [2.75, 3.05) is 6.61 Å². The summed E-state index contributed by atoms with van der Waals surface area (Å²) in [6, 6.07) is 4.84. The van der Waals surface area contributed by atoms with Crippen molar-refractivity contribution in [3.05, 3.63) is 33.8 Å². The summed E-state index contributed by atoms with van der Waals surface area (Å²) in [4.78, 5) is 12.1. The lowest BCUT2D eigenvalue weighted by molar-refractivity contribution is 0.0994. The maximum atomic E-state index is 12.1. The smallest absolute Gasteiger partial charge is 0.177 e. The van der Waals surface area contributed by atoms with E-state index in [-0.39, 0.29) is 22.9 Å². The van der Waals surface area contributed by atoms with Crippen LogP contribution in [0.1, 0.15) is 24.2 Å². The van der Waals surface area contributed by atoms with Crippen LogP contribution in [-0.4, -0.2) is 28.0 Å². The van der Waals surface area contributed by atoms with Crippen molar-refractivity contribution < 1.29 is 9.90 Å². The maximum absolute atomic E-state index is 12.1. The summed E-state index contributed by atoms with van der Waals surface area (Å²) < 4.78 is 0. The summed E-state index contributed by atoms with van der Waals surface area (Å²) >= 11 is 13.2. The van der Waals surface area contributed by atoms with Crippen LogP contribution in [0.25, 0.3) is 0 Å². The number of aliphatic hydroxyl groups excluding tert-OH is 1. The SMILES string of the molecule is CC(CO)SC(C)C(=O)c1ccc(Cl)cc1Cl. The molecule has 0 aliphatic carbocycles. The fraction of sp³-hybridized carbons (Fsp3) is 0.417. The molecule has 2 unspecified atom stereocenters. The van der Waals surface area contributed by atoms with Gasteiger partial charge in [0, 0.05) is 15.8 Å². The van der Waals surface area contributed by atoms with E-state index in [4.69, 9.17) is 28.3 Å². The zero-order chi connectivity index (χ0) is 13.0. The predicted molar refractivity (Wildman–Crippen MR) is 74.4 cm³/mol. The number of hydrogen-bond acceptors (Lipinski definition) is 3. The van der Waals surface area contributed by atoms with Gasteiger partial charge in [-0.05, 0) is 25.1 Å². The van der Waals surface area contributed by atoms with Gasteiger partial charge in [-0.2, -0.15) is 0 Å². The minimum atomic E-state index is -0.240. The molecule has 2 nitrogen and oxygen atoms in total. The molecule has 1 N–H and O–H groups in total. The van der Waals surface area contributed by atoms with Gasteiger partial charge in [-0.15, -0.1) is 11.8 Å². The summed E-state index contributed by atoms with van der Waals surface area (Å²) in [5.74, 6) is -0.0445. The average molecular weight is 293 g/mol. The van der Waals surface area contributed by atoms with Crippen molar-refractivity contribution in [1.29, 1.82) is 0 Å². The van der Waals surface area contributed by atoms with Gasteiger partial charge in [0.25, 0.3) is 0 Å². The van der Waals surface area contributed by atoms with E-state index in [1.54, 1.807) is 18.2 Å². The second-order valence-electron chi connectivity index (χ2n) is 3.76. The number of rotatable bonds is 5. The summed E-state index contributed by atoms with van der Waals surface area (Å²) in [7, 11) is 0. The molecule has 0 saturated carbocycles. The monoisotopic (exact) mass is 292 g/mol. The number of aliphatic hydroxyl groups is 1. The van der Waals surface area contributed by atoms with E-state index in [1.165, 1.54) is 11.8 Å². The Morgan fingerprint density at radius 3 is 2.59 bits per heavy atom. The maximum Gasteiger partial charge on any atom is 0.177 e. The predicted octanol–water partition coefficient (Wildman–Crippen LogP) is 3.68. The third-order valence-electron chi connectivity index (χ3n) is 2.26. The molecule has 2 atom stereocenters. The second kappa shape index (κ2) is 6.64. The molecule has 0 spiro atoms. The molecule has 94 valence electrons. The van der Waals surface area contributed by atoms with Crippen LogP contribution in [-0.2, 0) is 0 Å². The van der Waals surface area contributed by atoms with Crippen LogP contribution >= 0.6 is 35.0 Å². The van der Waals surface area contributed by atoms with Crippen molar-refractivity contribution in [2.24, 2.45) is 0 Å². The van der Waals surface area contributed by atoms with E-state index in [0.717, 1.165) is 0 Å². The first-order valence-electron chi connectivity index (χ1n) is 5.21. The lowest BCUT2D eigenvalue weighted by Crippen LogP contribution is -2.18. The molecule has 0 aliphatic rings. The minimum Gasteiger partial charge on any atom is -0.395 e. The Morgan fingerprint density at radius 2 is 2.06 bits per heavy atom. The highest BCUT2D eigenvalue weighted by Crippen LogP contribution is 2.26. The van der Waals surface area contributed by atoms with Gasteiger partial charge in [0.15, 0.2) is 5.78 Å². The van der Waals surface area contributed by atoms with Crippen molar-refractivity contribution in [1.82, 2.24) is 0 Å². The van der Waals surface area contributed by atoms with Crippen LogP contribution in [0, 0.1) is 0 Å². The largest absolute Gasteiger partial charge is 0.395 e. The molecular formula is C12H14Cl2O2S. The molecule has 0 aliphatic heterocycles. The average Bonchev–Trinajstić information content (AvgIpc) is 2.28. The lowest BCUT2D eigenvalue weighted by atomic mass is 10.1. The first-order chi connectivity index (χ1) is 7.95. The van der Waals surface area contributed by atoms with Gasteiger partial charge in [-0.3, -0.25) is 4.79 Å². The van der Waals surface area contributed by atoms with Crippen molar-refractivity contribution >= 4 is 40.7 Å². The molecular weight excluding hydrogens is 279 g/mol. The van der Waals surface area contributed by atoms with Crippen molar-refractivity contribution in [2.45, 2.75) is 24.3 Å². The van der Waals surface area contributed by atoms with Crippen molar-refractivity contribution in [3.8, 4) is 0 Å². The number of halogens is 2. The Morgan fingerprint density at radius 1 is 1.41 bits per heavy atom. The molecule has 17 heavy (non-hydrogen) atoms. The van der Waals surface area contributed by atoms with E-state index in [0.29, 0.717) is 15.6 Å². The van der Waals surface area contributed by atoms with E-state index in [9.17, 15) is 4.79 Å². The molecule has 1 aromatic rings. The highest BCUT2D eigenvalue weighted by molar-refractivity contribution is 8.01. The standard InChI is InChI=1S/C12H14Cl2O2S/c1-7(6-15)17-8(2)12(16)10-4-3-9(13)5-11(10)14/h3-5,7-8,15H,6H2,1-2H3. The zero-order valence-corrected chi connectivity index (χ0v) is 11.9. The number of thioether (sulfide) groups is 1. The van der Waals surface area contributed by atoms with Gasteiger partial charge >= 0.3 is 0 Å². The van der Waals surface area contributed by atoms with Gasteiger partial charge < -0.3 is 5.11 Å².